The Balaban J connectivity index is 2.17. The second-order valence-corrected chi connectivity index (χ2v) is 10.9. The highest BCUT2D eigenvalue weighted by Gasteiger charge is 2.07. The van der Waals surface area contributed by atoms with Gasteiger partial charge in [0.2, 0.25) is 0 Å². The highest BCUT2D eigenvalue weighted by molar-refractivity contribution is 8.09. The fourth-order valence-electron chi connectivity index (χ4n) is 2.16. The van der Waals surface area contributed by atoms with E-state index in [-0.39, 0.29) is 5.91 Å². The lowest BCUT2D eigenvalue weighted by Gasteiger charge is -2.10. The maximum Gasteiger partial charge on any atom is 0.251 e. The summed E-state index contributed by atoms with van der Waals surface area (Å²) in [6, 6.07) is 7.82. The minimum Gasteiger partial charge on any atom is -0.352 e. The van der Waals surface area contributed by atoms with Crippen molar-refractivity contribution in [3.05, 3.63) is 35.4 Å². The van der Waals surface area contributed by atoms with Crippen molar-refractivity contribution in [1.29, 1.82) is 0 Å². The first kappa shape index (κ1) is 21.7. The summed E-state index contributed by atoms with van der Waals surface area (Å²) in [5.74, 6) is -0.0198. The number of hydrogen-bond acceptors (Lipinski definition) is 4. The molecular formula is C17H28NO3PS2. The number of amides is 1. The molecule has 7 heteroatoms. The third-order valence-corrected chi connectivity index (χ3v) is 5.64. The van der Waals surface area contributed by atoms with Crippen molar-refractivity contribution in [2.45, 2.75) is 37.9 Å². The van der Waals surface area contributed by atoms with Crippen molar-refractivity contribution in [3.63, 3.8) is 0 Å². The molecule has 4 nitrogen and oxygen atoms in total. The Hall–Kier alpha value is -0.390. The summed E-state index contributed by atoms with van der Waals surface area (Å²) >= 11 is 6.60. The second-order valence-electron chi connectivity index (χ2n) is 5.81. The van der Waals surface area contributed by atoms with Crippen molar-refractivity contribution < 1.29 is 14.2 Å². The summed E-state index contributed by atoms with van der Waals surface area (Å²) in [6.45, 7) is 2.39. The molecule has 2 unspecified atom stereocenters. The maximum absolute atomic E-state index is 12.1. The van der Waals surface area contributed by atoms with E-state index in [9.17, 15) is 9.69 Å². The van der Waals surface area contributed by atoms with E-state index in [0.717, 1.165) is 25.7 Å². The van der Waals surface area contributed by atoms with Crippen molar-refractivity contribution in [1.82, 2.24) is 5.32 Å². The minimum absolute atomic E-state index is 0.0198. The smallest absolute Gasteiger partial charge is 0.251 e. The van der Waals surface area contributed by atoms with Crippen molar-refractivity contribution in [2.75, 3.05) is 26.1 Å². The first-order valence-corrected chi connectivity index (χ1v) is 12.6. The number of carbonyl (C=O) groups excluding carboxylic acids is 1. The molecule has 0 aliphatic carbocycles. The third kappa shape index (κ3) is 9.19. The fourth-order valence-corrected chi connectivity index (χ4v) is 3.28. The normalized spacial score (nSPS) is 14.8. The van der Waals surface area contributed by atoms with Gasteiger partial charge >= 0.3 is 0 Å². The molecule has 1 aromatic rings. The van der Waals surface area contributed by atoms with Gasteiger partial charge in [-0.1, -0.05) is 25.0 Å². The van der Waals surface area contributed by atoms with E-state index in [0.29, 0.717) is 24.0 Å². The average Bonchev–Trinajstić information content (AvgIpc) is 2.55. The number of thioether (sulfide) groups is 1. The van der Waals surface area contributed by atoms with Crippen LogP contribution in [-0.2, 0) is 16.3 Å². The van der Waals surface area contributed by atoms with E-state index in [4.69, 9.17) is 16.3 Å². The third-order valence-electron chi connectivity index (χ3n) is 3.68. The molecule has 136 valence electrons. The zero-order valence-electron chi connectivity index (χ0n) is 14.7. The molecule has 0 aromatic heterocycles. The summed E-state index contributed by atoms with van der Waals surface area (Å²) in [6.07, 6.45) is 5.93. The molecule has 0 spiro atoms. The van der Waals surface area contributed by atoms with Gasteiger partial charge in [0.25, 0.3) is 5.91 Å². The summed E-state index contributed by atoms with van der Waals surface area (Å²) < 4.78 is 5.18. The molecule has 0 heterocycles. The Morgan fingerprint density at radius 2 is 1.92 bits per heavy atom. The number of benzene rings is 1. The highest BCUT2D eigenvalue weighted by Crippen LogP contribution is 2.37. The van der Waals surface area contributed by atoms with Crippen LogP contribution in [0.15, 0.2) is 24.3 Å². The first-order valence-electron chi connectivity index (χ1n) is 8.19. The van der Waals surface area contributed by atoms with E-state index in [1.807, 2.05) is 24.3 Å². The van der Waals surface area contributed by atoms with Gasteiger partial charge in [-0.15, -0.1) is 0 Å². The molecule has 2 N–H and O–H groups in total. The van der Waals surface area contributed by atoms with Crippen LogP contribution < -0.4 is 5.32 Å². The molecule has 0 bridgehead atoms. The van der Waals surface area contributed by atoms with Crippen LogP contribution in [0.2, 0.25) is 0 Å². The van der Waals surface area contributed by atoms with Gasteiger partial charge in [0.05, 0.1) is 6.61 Å². The topological polar surface area (TPSA) is 58.6 Å². The summed E-state index contributed by atoms with van der Waals surface area (Å²) in [5.41, 5.74) is 1.94. The predicted octanol–water partition coefficient (Wildman–Crippen LogP) is 4.35. The summed E-state index contributed by atoms with van der Waals surface area (Å²) in [5, 5.41) is 3.39. The lowest BCUT2D eigenvalue weighted by molar-refractivity contribution is 0.0953. The number of hydrogen-bond donors (Lipinski definition) is 2. The highest BCUT2D eigenvalue weighted by atomic mass is 32.5. The number of carbonyl (C=O) groups is 1. The van der Waals surface area contributed by atoms with Crippen LogP contribution in [0.5, 0.6) is 0 Å². The Bertz CT molecular complexity index is 545. The molecule has 24 heavy (non-hydrogen) atoms. The monoisotopic (exact) mass is 389 g/mol. The van der Waals surface area contributed by atoms with Crippen molar-refractivity contribution in [3.8, 4) is 0 Å². The van der Waals surface area contributed by atoms with E-state index in [2.05, 4.69) is 18.5 Å². The van der Waals surface area contributed by atoms with Crippen LogP contribution in [-0.4, -0.2) is 36.9 Å². The molecular weight excluding hydrogens is 361 g/mol. The molecule has 0 saturated heterocycles. The van der Waals surface area contributed by atoms with Gasteiger partial charge in [-0.25, -0.2) is 0 Å². The van der Waals surface area contributed by atoms with Gasteiger partial charge in [0, 0.05) is 24.0 Å². The molecule has 0 saturated carbocycles. The minimum atomic E-state index is -2.51. The molecule has 0 fully saturated rings. The average molecular weight is 390 g/mol. The second kappa shape index (κ2) is 11.3. The number of nitrogens with one attached hydrogen (secondary N) is 1. The molecule has 2 atom stereocenters. The van der Waals surface area contributed by atoms with Gasteiger partial charge in [-0.3, -0.25) is 4.79 Å². The molecule has 1 amide bonds. The van der Waals surface area contributed by atoms with Crippen molar-refractivity contribution in [2.24, 2.45) is 0 Å². The van der Waals surface area contributed by atoms with Gasteiger partial charge < -0.3 is 14.7 Å². The number of unbranched alkanes of at least 4 members (excludes halogenated alkanes) is 3. The van der Waals surface area contributed by atoms with E-state index in [1.165, 1.54) is 5.56 Å². The zero-order chi connectivity index (χ0) is 18.0. The Morgan fingerprint density at radius 1 is 1.29 bits per heavy atom. The SMILES string of the molecule is CSC(C)c1ccc(C(=O)NCCCCCCOP(C)(O)=S)cc1. The standard InChI is InChI=1S/C17H28NO3PS2/c1-14(24-3)15-8-10-16(11-9-15)17(19)18-12-6-4-5-7-13-21-22(2,20)23/h8-11,14H,4-7,12-13H2,1-3H3,(H,18,19)(H,20,23). The predicted molar refractivity (Wildman–Crippen MR) is 108 cm³/mol. The van der Waals surface area contributed by atoms with Gasteiger partial charge in [-0.05, 0) is 55.5 Å². The van der Waals surface area contributed by atoms with Gasteiger partial charge in [0.1, 0.15) is 0 Å². The zero-order valence-corrected chi connectivity index (χ0v) is 17.2. The van der Waals surface area contributed by atoms with Gasteiger partial charge in [-0.2, -0.15) is 11.8 Å². The van der Waals surface area contributed by atoms with E-state index in [1.54, 1.807) is 18.4 Å². The Morgan fingerprint density at radius 3 is 2.50 bits per heavy atom. The molecule has 1 aromatic carbocycles. The fraction of sp³-hybridized carbons (Fsp3) is 0.588. The number of rotatable bonds is 11. The Kier molecular flexibility index (Phi) is 10.2. The molecule has 1 rings (SSSR count). The van der Waals surface area contributed by atoms with Crippen molar-refractivity contribution >= 4 is 36.0 Å². The van der Waals surface area contributed by atoms with Crippen LogP contribution in [0.4, 0.5) is 0 Å². The molecule has 0 aliphatic rings. The van der Waals surface area contributed by atoms with Crippen LogP contribution in [0.1, 0.15) is 53.8 Å². The van der Waals surface area contributed by atoms with Crippen LogP contribution in [0.25, 0.3) is 0 Å². The molecule has 0 radical (unpaired) electrons. The lowest BCUT2D eigenvalue weighted by atomic mass is 10.1. The lowest BCUT2D eigenvalue weighted by Crippen LogP contribution is -2.24. The van der Waals surface area contributed by atoms with Crippen LogP contribution >= 0.6 is 18.3 Å². The van der Waals surface area contributed by atoms with Crippen LogP contribution in [0, 0.1) is 0 Å². The Labute approximate surface area is 154 Å². The summed E-state index contributed by atoms with van der Waals surface area (Å²) in [7, 11) is 0. The van der Waals surface area contributed by atoms with E-state index < -0.39 is 6.49 Å². The first-order chi connectivity index (χ1) is 11.3. The quantitative estimate of drug-likeness (QED) is 0.435. The molecule has 0 aliphatic heterocycles. The largest absolute Gasteiger partial charge is 0.352 e. The maximum atomic E-state index is 12.1. The van der Waals surface area contributed by atoms with E-state index >= 15 is 0 Å². The summed E-state index contributed by atoms with van der Waals surface area (Å²) in [4.78, 5) is 21.4. The van der Waals surface area contributed by atoms with Gasteiger partial charge in [0.15, 0.2) is 6.49 Å². The van der Waals surface area contributed by atoms with Crippen LogP contribution in [0.3, 0.4) is 0 Å².